The molecule has 0 radical (unpaired) electrons. The van der Waals surface area contributed by atoms with Crippen LogP contribution in [0.1, 0.15) is 73.6 Å². The highest BCUT2D eigenvalue weighted by Crippen LogP contribution is 2.46. The average Bonchev–Trinajstić information content (AvgIpc) is 3.14. The van der Waals surface area contributed by atoms with Crippen molar-refractivity contribution in [2.24, 2.45) is 11.8 Å². The smallest absolute Gasteiger partial charge is 0.330 e. The lowest BCUT2D eigenvalue weighted by molar-refractivity contribution is -0.151. The van der Waals surface area contributed by atoms with Crippen LogP contribution in [0.15, 0.2) is 24.3 Å². The fourth-order valence-corrected chi connectivity index (χ4v) is 7.31. The lowest BCUT2D eigenvalue weighted by Gasteiger charge is -2.41. The van der Waals surface area contributed by atoms with E-state index in [-0.39, 0.29) is 28.2 Å². The first-order valence-electron chi connectivity index (χ1n) is 14.1. The molecule has 0 aromatic carbocycles. The Hall–Kier alpha value is -0.776. The summed E-state index contributed by atoms with van der Waals surface area (Å²) in [6.45, 7) is 22.2. The van der Waals surface area contributed by atoms with Crippen LogP contribution in [-0.4, -0.2) is 63.8 Å². The lowest BCUT2D eigenvalue weighted by Crippen LogP contribution is -2.46. The summed E-state index contributed by atoms with van der Waals surface area (Å²) in [6, 6.07) is 0. The van der Waals surface area contributed by atoms with Crippen molar-refractivity contribution in [1.82, 2.24) is 0 Å². The van der Waals surface area contributed by atoms with Crippen LogP contribution in [0.4, 0.5) is 0 Å². The fourth-order valence-electron chi connectivity index (χ4n) is 4.65. The Labute approximate surface area is 228 Å². The molecule has 0 aromatic heterocycles. The van der Waals surface area contributed by atoms with Crippen molar-refractivity contribution in [3.05, 3.63) is 24.3 Å². The van der Waals surface area contributed by atoms with Crippen molar-refractivity contribution in [1.29, 1.82) is 0 Å². The summed E-state index contributed by atoms with van der Waals surface area (Å²) in [5, 5.41) is 19.8. The maximum Gasteiger partial charge on any atom is 0.330 e. The van der Waals surface area contributed by atoms with Crippen LogP contribution in [0.3, 0.4) is 0 Å². The van der Waals surface area contributed by atoms with E-state index in [4.69, 9.17) is 13.6 Å². The average molecular weight is 555 g/mol. The standard InChI is InChI=1S/C29H54O6Si2/c1-28(2,3)36(7,8)34-22-18-21-14-12-11-13-15-26(24(31)20-30)33-27(32)17-16-25(23(21)19-22)35-37(9,10)29(4,5)6/h12,14,16-17,21-26,30-31H,11,13,15,18-20H2,1-10H3/b14-12+,17-16+/t21-,22+,23-,24+,25-,26-/m1/s1. The fraction of sp³-hybridized carbons (Fsp3) is 0.828. The molecule has 2 N–H and O–H groups in total. The van der Waals surface area contributed by atoms with Crippen LogP contribution in [0, 0.1) is 11.8 Å². The number of aliphatic hydroxyl groups is 2. The Morgan fingerprint density at radius 1 is 1.00 bits per heavy atom. The molecule has 1 aliphatic carbocycles. The minimum atomic E-state index is -2.14. The number of cyclic esters (lactones) is 1. The van der Waals surface area contributed by atoms with E-state index in [9.17, 15) is 15.0 Å². The van der Waals surface area contributed by atoms with E-state index in [2.05, 4.69) is 79.9 Å². The third kappa shape index (κ3) is 8.87. The largest absolute Gasteiger partial charge is 0.456 e. The molecule has 2 aliphatic rings. The molecule has 0 spiro atoms. The van der Waals surface area contributed by atoms with E-state index in [1.807, 2.05) is 6.08 Å². The summed E-state index contributed by atoms with van der Waals surface area (Å²) in [5.74, 6) is -0.00859. The van der Waals surface area contributed by atoms with Gasteiger partial charge in [0.1, 0.15) is 12.2 Å². The molecule has 0 aromatic rings. The molecule has 0 unspecified atom stereocenters. The third-order valence-corrected chi connectivity index (χ3v) is 18.1. The molecule has 0 amide bonds. The van der Waals surface area contributed by atoms with Crippen LogP contribution in [0.5, 0.6) is 0 Å². The Balaban J connectivity index is 2.41. The highest BCUT2D eigenvalue weighted by molar-refractivity contribution is 6.74. The number of carbonyl (C=O) groups is 1. The molecular formula is C29H54O6Si2. The molecule has 0 bridgehead atoms. The van der Waals surface area contributed by atoms with E-state index in [0.717, 1.165) is 25.7 Å². The van der Waals surface area contributed by atoms with Gasteiger partial charge >= 0.3 is 5.97 Å². The van der Waals surface area contributed by atoms with Crippen LogP contribution in [0.2, 0.25) is 36.3 Å². The van der Waals surface area contributed by atoms with Gasteiger partial charge in [0.2, 0.25) is 0 Å². The zero-order valence-electron chi connectivity index (χ0n) is 25.0. The number of fused-ring (bicyclic) bond motifs is 1. The van der Waals surface area contributed by atoms with Gasteiger partial charge in [-0.1, -0.05) is 53.7 Å². The minimum absolute atomic E-state index is 0.0276. The highest BCUT2D eigenvalue weighted by Gasteiger charge is 2.47. The van der Waals surface area contributed by atoms with Crippen LogP contribution < -0.4 is 0 Å². The number of aliphatic hydroxyl groups excluding tert-OH is 2. The van der Waals surface area contributed by atoms with Gasteiger partial charge in [0, 0.05) is 12.2 Å². The van der Waals surface area contributed by atoms with Gasteiger partial charge in [-0.25, -0.2) is 4.79 Å². The highest BCUT2D eigenvalue weighted by atomic mass is 28.4. The number of carbonyl (C=O) groups excluding carboxylic acids is 1. The van der Waals surface area contributed by atoms with Crippen molar-refractivity contribution < 1.29 is 28.6 Å². The van der Waals surface area contributed by atoms with Crippen molar-refractivity contribution in [2.45, 2.75) is 134 Å². The molecule has 1 fully saturated rings. The van der Waals surface area contributed by atoms with Gasteiger partial charge in [0.05, 0.1) is 12.7 Å². The summed E-state index contributed by atoms with van der Waals surface area (Å²) >= 11 is 0. The SMILES string of the molecule is CC(C)(C)[Si](C)(C)O[C@@H]1C[C@@H]2[C@H](/C=C/CCC[C@H]([C@@H](O)CO)OC(=O)/C=C/[C@H]2O[Si](C)(C)C(C)(C)C)C1. The topological polar surface area (TPSA) is 85.2 Å². The first kappa shape index (κ1) is 32.4. The van der Waals surface area contributed by atoms with Crippen LogP contribution in [-0.2, 0) is 18.4 Å². The summed E-state index contributed by atoms with van der Waals surface area (Å²) in [5.41, 5.74) is 0. The predicted octanol–water partition coefficient (Wildman–Crippen LogP) is 6.35. The number of ether oxygens (including phenoxy) is 1. The summed E-state index contributed by atoms with van der Waals surface area (Å²) in [6.07, 6.45) is 9.96. The maximum atomic E-state index is 12.8. The van der Waals surface area contributed by atoms with Gasteiger partial charge < -0.3 is 23.8 Å². The van der Waals surface area contributed by atoms with Crippen molar-refractivity contribution in [2.75, 3.05) is 6.61 Å². The molecule has 6 atom stereocenters. The maximum absolute atomic E-state index is 12.8. The van der Waals surface area contributed by atoms with E-state index in [0.29, 0.717) is 12.3 Å². The Morgan fingerprint density at radius 3 is 2.16 bits per heavy atom. The second-order valence-electron chi connectivity index (χ2n) is 14.1. The van der Waals surface area contributed by atoms with Crippen LogP contribution >= 0.6 is 0 Å². The lowest BCUT2D eigenvalue weighted by atomic mass is 9.90. The van der Waals surface area contributed by atoms with Gasteiger partial charge in [0.25, 0.3) is 0 Å². The molecule has 8 heteroatoms. The molecule has 2 rings (SSSR count). The molecule has 1 heterocycles. The molecule has 214 valence electrons. The van der Waals surface area contributed by atoms with Gasteiger partial charge in [-0.05, 0) is 86.3 Å². The van der Waals surface area contributed by atoms with E-state index < -0.39 is 41.4 Å². The van der Waals surface area contributed by atoms with Gasteiger partial charge in [0.15, 0.2) is 16.6 Å². The van der Waals surface area contributed by atoms with Crippen molar-refractivity contribution in [3.63, 3.8) is 0 Å². The molecule has 6 nitrogen and oxygen atoms in total. The molecule has 1 saturated carbocycles. The van der Waals surface area contributed by atoms with Crippen LogP contribution in [0.25, 0.3) is 0 Å². The number of hydrogen-bond donors (Lipinski definition) is 2. The van der Waals surface area contributed by atoms with Crippen molar-refractivity contribution >= 4 is 22.6 Å². The number of allylic oxidation sites excluding steroid dienone is 2. The van der Waals surface area contributed by atoms with Gasteiger partial charge in [-0.2, -0.15) is 0 Å². The Kier molecular flexibility index (Phi) is 11.0. The monoisotopic (exact) mass is 554 g/mol. The second-order valence-corrected chi connectivity index (χ2v) is 23.6. The molecule has 0 saturated heterocycles. The Bertz CT molecular complexity index is 808. The second kappa shape index (κ2) is 12.6. The normalized spacial score (nSPS) is 31.4. The number of hydrogen-bond acceptors (Lipinski definition) is 6. The summed E-state index contributed by atoms with van der Waals surface area (Å²) in [4.78, 5) is 12.8. The predicted molar refractivity (Wildman–Crippen MR) is 155 cm³/mol. The molecule has 1 aliphatic heterocycles. The molecule has 37 heavy (non-hydrogen) atoms. The van der Waals surface area contributed by atoms with Gasteiger partial charge in [-0.15, -0.1) is 0 Å². The van der Waals surface area contributed by atoms with E-state index in [1.165, 1.54) is 6.08 Å². The first-order chi connectivity index (χ1) is 16.9. The Morgan fingerprint density at radius 2 is 1.59 bits per heavy atom. The zero-order valence-corrected chi connectivity index (χ0v) is 27.0. The van der Waals surface area contributed by atoms with E-state index in [1.54, 1.807) is 0 Å². The summed E-state index contributed by atoms with van der Waals surface area (Å²) in [7, 11) is -4.07. The summed E-state index contributed by atoms with van der Waals surface area (Å²) < 4.78 is 19.4. The van der Waals surface area contributed by atoms with Gasteiger partial charge in [-0.3, -0.25) is 0 Å². The number of esters is 1. The third-order valence-electron chi connectivity index (χ3n) is 9.09. The van der Waals surface area contributed by atoms with E-state index >= 15 is 0 Å². The number of rotatable bonds is 6. The first-order valence-corrected chi connectivity index (χ1v) is 19.9. The quantitative estimate of drug-likeness (QED) is 0.226. The van der Waals surface area contributed by atoms with Crippen molar-refractivity contribution in [3.8, 4) is 0 Å². The minimum Gasteiger partial charge on any atom is -0.456 e. The zero-order chi connectivity index (χ0) is 28.2. The molecular weight excluding hydrogens is 500 g/mol.